The van der Waals surface area contributed by atoms with E-state index in [0.717, 1.165) is 0 Å². The van der Waals surface area contributed by atoms with Crippen LogP contribution in [0.2, 0.25) is 5.02 Å². The number of halogens is 1. The molecule has 0 saturated carbocycles. The van der Waals surface area contributed by atoms with Crippen molar-refractivity contribution in [2.24, 2.45) is 5.92 Å². The molecule has 0 fully saturated rings. The summed E-state index contributed by atoms with van der Waals surface area (Å²) in [4.78, 5) is 23.4. The zero-order valence-electron chi connectivity index (χ0n) is 14.2. The Morgan fingerprint density at radius 1 is 1.25 bits per heavy atom. The zero-order valence-corrected chi connectivity index (χ0v) is 14.9. The van der Waals surface area contributed by atoms with E-state index in [1.54, 1.807) is 6.07 Å². The van der Waals surface area contributed by atoms with Crippen LogP contribution in [0.15, 0.2) is 12.1 Å². The van der Waals surface area contributed by atoms with Crippen LogP contribution in [0.3, 0.4) is 0 Å². The second-order valence-corrected chi connectivity index (χ2v) is 5.72. The number of anilines is 1. The van der Waals surface area contributed by atoms with Gasteiger partial charge in [0.1, 0.15) is 17.5 Å². The third-order valence-electron chi connectivity index (χ3n) is 3.71. The highest BCUT2D eigenvalue weighted by atomic mass is 35.5. The lowest BCUT2D eigenvalue weighted by Gasteiger charge is -2.20. The lowest BCUT2D eigenvalue weighted by atomic mass is 9.99. The molecule has 1 aromatic rings. The van der Waals surface area contributed by atoms with Gasteiger partial charge in [-0.25, -0.2) is 0 Å². The molecule has 1 amide bonds. The summed E-state index contributed by atoms with van der Waals surface area (Å²) in [6, 6.07) is 2.29. The number of carbonyl (C=O) groups is 2. The number of amides is 1. The van der Waals surface area contributed by atoms with Crippen LogP contribution >= 0.6 is 11.6 Å². The number of carbonyl (C=O) groups excluding carboxylic acids is 1. The van der Waals surface area contributed by atoms with Crippen molar-refractivity contribution in [1.82, 2.24) is 5.32 Å². The summed E-state index contributed by atoms with van der Waals surface area (Å²) >= 11 is 6.01. The van der Waals surface area contributed by atoms with Crippen LogP contribution in [0.5, 0.6) is 11.5 Å². The first-order valence-electron chi connectivity index (χ1n) is 7.51. The first kappa shape index (κ1) is 20.1. The number of rotatable bonds is 9. The summed E-state index contributed by atoms with van der Waals surface area (Å²) in [5.41, 5.74) is 0.390. The molecule has 3 N–H and O–H groups in total. The number of benzene rings is 1. The van der Waals surface area contributed by atoms with E-state index in [4.69, 9.17) is 21.1 Å². The number of methoxy groups -OCH3 is 2. The lowest BCUT2D eigenvalue weighted by Crippen LogP contribution is -2.45. The Morgan fingerprint density at radius 2 is 1.88 bits per heavy atom. The van der Waals surface area contributed by atoms with Gasteiger partial charge in [0.05, 0.1) is 31.5 Å². The van der Waals surface area contributed by atoms with Gasteiger partial charge in [-0.1, -0.05) is 31.9 Å². The molecule has 0 radical (unpaired) electrons. The third-order valence-corrected chi connectivity index (χ3v) is 4.00. The molecule has 0 unspecified atom stereocenters. The average Bonchev–Trinajstić information content (AvgIpc) is 2.55. The number of carboxylic acid groups (broad SMARTS) is 1. The van der Waals surface area contributed by atoms with E-state index in [-0.39, 0.29) is 12.5 Å². The average molecular weight is 359 g/mol. The van der Waals surface area contributed by atoms with Crippen molar-refractivity contribution >= 4 is 29.2 Å². The van der Waals surface area contributed by atoms with E-state index >= 15 is 0 Å². The molecule has 0 heterocycles. The number of hydrogen-bond donors (Lipinski definition) is 3. The normalized spacial score (nSPS) is 13.0. The maximum atomic E-state index is 12.1. The molecule has 0 aromatic heterocycles. The Kier molecular flexibility index (Phi) is 7.81. The Hall–Kier alpha value is -1.99. The molecule has 2 atom stereocenters. The summed E-state index contributed by atoms with van der Waals surface area (Å²) in [6.45, 7) is 3.57. The summed E-state index contributed by atoms with van der Waals surface area (Å²) in [6.07, 6.45) is 0.688. The van der Waals surface area contributed by atoms with Gasteiger partial charge < -0.3 is 19.9 Å². The molecule has 0 saturated heterocycles. The van der Waals surface area contributed by atoms with Crippen LogP contribution < -0.4 is 20.1 Å². The molecular weight excluding hydrogens is 336 g/mol. The summed E-state index contributed by atoms with van der Waals surface area (Å²) in [5, 5.41) is 15.0. The van der Waals surface area contributed by atoms with Gasteiger partial charge in [0.25, 0.3) is 0 Å². The monoisotopic (exact) mass is 358 g/mol. The second kappa shape index (κ2) is 9.34. The minimum absolute atomic E-state index is 0.0968. The summed E-state index contributed by atoms with van der Waals surface area (Å²) < 4.78 is 10.3. The van der Waals surface area contributed by atoms with Crippen LogP contribution in [0.4, 0.5) is 5.69 Å². The minimum Gasteiger partial charge on any atom is -0.495 e. The van der Waals surface area contributed by atoms with E-state index < -0.39 is 17.9 Å². The quantitative estimate of drug-likeness (QED) is 0.627. The fourth-order valence-corrected chi connectivity index (χ4v) is 2.35. The van der Waals surface area contributed by atoms with E-state index in [1.807, 2.05) is 13.8 Å². The first-order chi connectivity index (χ1) is 11.3. The number of nitrogens with one attached hydrogen (secondary N) is 2. The first-order valence-corrected chi connectivity index (χ1v) is 7.89. The number of ether oxygens (including phenoxy) is 2. The molecule has 0 bridgehead atoms. The molecule has 1 aromatic carbocycles. The van der Waals surface area contributed by atoms with Crippen LogP contribution in [-0.2, 0) is 9.59 Å². The molecular formula is C16H23ClN2O5. The zero-order chi connectivity index (χ0) is 18.3. The van der Waals surface area contributed by atoms with Gasteiger partial charge in [-0.2, -0.15) is 0 Å². The Bertz CT molecular complexity index is 594. The van der Waals surface area contributed by atoms with Gasteiger partial charge in [-0.15, -0.1) is 0 Å². The Balaban J connectivity index is 2.79. The summed E-state index contributed by atoms with van der Waals surface area (Å²) in [7, 11) is 2.92. The van der Waals surface area contributed by atoms with Crippen LogP contribution in [-0.4, -0.2) is 43.8 Å². The highest BCUT2D eigenvalue weighted by Gasteiger charge is 2.23. The largest absolute Gasteiger partial charge is 0.495 e. The van der Waals surface area contributed by atoms with Crippen molar-refractivity contribution in [2.45, 2.75) is 26.3 Å². The van der Waals surface area contributed by atoms with Crippen LogP contribution in [0.25, 0.3) is 0 Å². The van der Waals surface area contributed by atoms with E-state index in [0.29, 0.717) is 28.6 Å². The highest BCUT2D eigenvalue weighted by molar-refractivity contribution is 6.32. The van der Waals surface area contributed by atoms with Crippen molar-refractivity contribution in [3.05, 3.63) is 17.2 Å². The predicted octanol–water partition coefficient (Wildman–Crippen LogP) is 2.38. The van der Waals surface area contributed by atoms with Crippen molar-refractivity contribution in [2.75, 3.05) is 26.1 Å². The molecule has 24 heavy (non-hydrogen) atoms. The molecule has 0 aliphatic carbocycles. The predicted molar refractivity (Wildman–Crippen MR) is 92.1 cm³/mol. The fraction of sp³-hybridized carbons (Fsp3) is 0.500. The van der Waals surface area contributed by atoms with E-state index in [2.05, 4.69) is 10.6 Å². The van der Waals surface area contributed by atoms with Gasteiger partial charge in [0, 0.05) is 12.1 Å². The standard InChI is InChI=1S/C16H23ClN2O5/c1-5-9(2)15(16(21)22)18-8-14(20)19-11-7-12(23-3)10(17)6-13(11)24-4/h6-7,9,15,18H,5,8H2,1-4H3,(H,19,20)(H,21,22)/t9-,15-/m0/s1. The Labute approximate surface area is 146 Å². The molecule has 8 heteroatoms. The number of hydrogen-bond acceptors (Lipinski definition) is 5. The third kappa shape index (κ3) is 5.28. The lowest BCUT2D eigenvalue weighted by molar-refractivity contribution is -0.140. The highest BCUT2D eigenvalue weighted by Crippen LogP contribution is 2.35. The van der Waals surface area contributed by atoms with Crippen LogP contribution in [0.1, 0.15) is 20.3 Å². The van der Waals surface area contributed by atoms with E-state index in [9.17, 15) is 14.7 Å². The van der Waals surface area contributed by atoms with E-state index in [1.165, 1.54) is 20.3 Å². The van der Waals surface area contributed by atoms with Gasteiger partial charge in [-0.05, 0) is 5.92 Å². The van der Waals surface area contributed by atoms with Crippen LogP contribution in [0, 0.1) is 5.92 Å². The number of carboxylic acids is 1. The van der Waals surface area contributed by atoms with Gasteiger partial charge in [0.2, 0.25) is 5.91 Å². The molecule has 0 aliphatic heterocycles. The smallest absolute Gasteiger partial charge is 0.320 e. The minimum atomic E-state index is -0.983. The van der Waals surface area contributed by atoms with Crippen molar-refractivity contribution in [3.63, 3.8) is 0 Å². The fourth-order valence-electron chi connectivity index (χ4n) is 2.12. The van der Waals surface area contributed by atoms with Crippen molar-refractivity contribution < 1.29 is 24.2 Å². The second-order valence-electron chi connectivity index (χ2n) is 5.32. The van der Waals surface area contributed by atoms with Gasteiger partial charge >= 0.3 is 5.97 Å². The molecule has 7 nitrogen and oxygen atoms in total. The van der Waals surface area contributed by atoms with Gasteiger partial charge in [-0.3, -0.25) is 14.9 Å². The topological polar surface area (TPSA) is 96.9 Å². The molecule has 134 valence electrons. The van der Waals surface area contributed by atoms with Gasteiger partial charge in [0.15, 0.2) is 0 Å². The maximum absolute atomic E-state index is 12.1. The molecule has 0 aliphatic rings. The van der Waals surface area contributed by atoms with Crippen molar-refractivity contribution in [3.8, 4) is 11.5 Å². The Morgan fingerprint density at radius 3 is 2.38 bits per heavy atom. The van der Waals surface area contributed by atoms with Crippen molar-refractivity contribution in [1.29, 1.82) is 0 Å². The summed E-state index contributed by atoms with van der Waals surface area (Å²) in [5.74, 6) is -0.704. The molecule has 1 rings (SSSR count). The maximum Gasteiger partial charge on any atom is 0.320 e. The SMILES string of the molecule is CC[C@H](C)[C@H](NCC(=O)Nc1cc(OC)c(Cl)cc1OC)C(=O)O. The molecule has 0 spiro atoms. The number of aliphatic carboxylic acids is 1.